The molecule has 0 bridgehead atoms. The summed E-state index contributed by atoms with van der Waals surface area (Å²) in [5.74, 6) is 0.109. The Hall–Kier alpha value is -1.55. The summed E-state index contributed by atoms with van der Waals surface area (Å²) in [5.41, 5.74) is 2.66. The summed E-state index contributed by atoms with van der Waals surface area (Å²) < 4.78 is 0. The molecule has 2 rings (SSSR count). The predicted octanol–water partition coefficient (Wildman–Crippen LogP) is 2.46. The molecule has 0 aliphatic carbocycles. The van der Waals surface area contributed by atoms with Gasteiger partial charge in [-0.2, -0.15) is 0 Å². The molecule has 4 nitrogen and oxygen atoms in total. The molecule has 1 heterocycles. The lowest BCUT2D eigenvalue weighted by Crippen LogP contribution is -2.30. The summed E-state index contributed by atoms with van der Waals surface area (Å²) in [7, 11) is 1.70. The number of rotatable bonds is 6. The van der Waals surface area contributed by atoms with Crippen LogP contribution in [0.1, 0.15) is 44.2 Å². The van der Waals surface area contributed by atoms with Crippen molar-refractivity contribution in [1.29, 1.82) is 0 Å². The lowest BCUT2D eigenvalue weighted by atomic mass is 10.0. The van der Waals surface area contributed by atoms with E-state index in [0.29, 0.717) is 12.5 Å². The van der Waals surface area contributed by atoms with E-state index in [1.807, 2.05) is 0 Å². The first-order valence-electron chi connectivity index (χ1n) is 8.04. The number of fused-ring (bicyclic) bond motifs is 1. The molecule has 1 aliphatic heterocycles. The Morgan fingerprint density at radius 1 is 1.38 bits per heavy atom. The van der Waals surface area contributed by atoms with E-state index < -0.39 is 0 Å². The summed E-state index contributed by atoms with van der Waals surface area (Å²) in [6.07, 6.45) is 4.02. The van der Waals surface area contributed by atoms with Crippen molar-refractivity contribution in [3.05, 3.63) is 29.8 Å². The van der Waals surface area contributed by atoms with Crippen LogP contribution in [0.2, 0.25) is 0 Å². The SMILES string of the molecule is CCCNC1CCCN(CCC(=O)NC)c2ccccc21. The van der Waals surface area contributed by atoms with Gasteiger partial charge in [-0.15, -0.1) is 0 Å². The maximum absolute atomic E-state index is 11.5. The second-order valence-corrected chi connectivity index (χ2v) is 5.62. The van der Waals surface area contributed by atoms with E-state index in [1.165, 1.54) is 11.3 Å². The maximum Gasteiger partial charge on any atom is 0.221 e. The number of anilines is 1. The Labute approximate surface area is 127 Å². The van der Waals surface area contributed by atoms with E-state index in [2.05, 4.69) is 46.7 Å². The van der Waals surface area contributed by atoms with Crippen molar-refractivity contribution in [2.75, 3.05) is 31.6 Å². The number of amides is 1. The van der Waals surface area contributed by atoms with Crippen LogP contribution in [0.4, 0.5) is 5.69 Å². The van der Waals surface area contributed by atoms with Gasteiger partial charge in [0, 0.05) is 38.3 Å². The van der Waals surface area contributed by atoms with Gasteiger partial charge >= 0.3 is 0 Å². The lowest BCUT2D eigenvalue weighted by molar-refractivity contribution is -0.120. The van der Waals surface area contributed by atoms with Gasteiger partial charge in [0.25, 0.3) is 0 Å². The summed E-state index contributed by atoms with van der Waals surface area (Å²) in [6, 6.07) is 9.05. The van der Waals surface area contributed by atoms with Crippen molar-refractivity contribution in [3.8, 4) is 0 Å². The molecule has 21 heavy (non-hydrogen) atoms. The van der Waals surface area contributed by atoms with E-state index in [4.69, 9.17) is 0 Å². The predicted molar refractivity (Wildman–Crippen MR) is 87.6 cm³/mol. The Morgan fingerprint density at radius 3 is 2.95 bits per heavy atom. The number of carbonyl (C=O) groups excluding carboxylic acids is 1. The number of nitrogens with one attached hydrogen (secondary N) is 2. The molecular formula is C17H27N3O. The number of hydrogen-bond acceptors (Lipinski definition) is 3. The highest BCUT2D eigenvalue weighted by atomic mass is 16.1. The molecule has 1 amide bonds. The van der Waals surface area contributed by atoms with Crippen LogP contribution in [0.5, 0.6) is 0 Å². The van der Waals surface area contributed by atoms with Crippen LogP contribution in [-0.2, 0) is 4.79 Å². The number of hydrogen-bond donors (Lipinski definition) is 2. The van der Waals surface area contributed by atoms with Crippen molar-refractivity contribution in [1.82, 2.24) is 10.6 Å². The van der Waals surface area contributed by atoms with E-state index in [1.54, 1.807) is 7.05 Å². The molecule has 0 spiro atoms. The van der Waals surface area contributed by atoms with Crippen molar-refractivity contribution in [3.63, 3.8) is 0 Å². The van der Waals surface area contributed by atoms with Crippen LogP contribution in [0.3, 0.4) is 0 Å². The third-order valence-electron chi connectivity index (χ3n) is 4.10. The van der Waals surface area contributed by atoms with E-state index >= 15 is 0 Å². The van der Waals surface area contributed by atoms with Gasteiger partial charge in [0.05, 0.1) is 0 Å². The Morgan fingerprint density at radius 2 is 2.19 bits per heavy atom. The summed E-state index contributed by atoms with van der Waals surface area (Å²) in [5, 5.41) is 6.36. The average molecular weight is 289 g/mol. The zero-order valence-electron chi connectivity index (χ0n) is 13.2. The molecule has 1 aromatic carbocycles. The summed E-state index contributed by atoms with van der Waals surface area (Å²) in [6.45, 7) is 5.07. The van der Waals surface area contributed by atoms with Crippen LogP contribution in [0.25, 0.3) is 0 Å². The molecule has 1 unspecified atom stereocenters. The van der Waals surface area contributed by atoms with Gasteiger partial charge in [0.2, 0.25) is 5.91 Å². The van der Waals surface area contributed by atoms with Crippen LogP contribution in [-0.4, -0.2) is 32.6 Å². The second kappa shape index (κ2) is 8.03. The Bertz CT molecular complexity index is 461. The molecule has 0 aromatic heterocycles. The molecular weight excluding hydrogens is 262 g/mol. The van der Waals surface area contributed by atoms with Gasteiger partial charge in [0.1, 0.15) is 0 Å². The normalized spacial score (nSPS) is 18.0. The standard InChI is InChI=1S/C17H27N3O/c1-3-11-19-15-8-6-12-20(13-10-17(21)18-2)16-9-5-4-7-14(15)16/h4-5,7,9,15,19H,3,6,8,10-13H2,1-2H3,(H,18,21). The van der Waals surface area contributed by atoms with Crippen molar-refractivity contribution in [2.45, 2.75) is 38.6 Å². The fourth-order valence-corrected chi connectivity index (χ4v) is 2.96. The summed E-state index contributed by atoms with van der Waals surface area (Å²) in [4.78, 5) is 13.9. The van der Waals surface area contributed by atoms with Gasteiger partial charge in [0.15, 0.2) is 0 Å². The summed E-state index contributed by atoms with van der Waals surface area (Å²) >= 11 is 0. The molecule has 2 N–H and O–H groups in total. The molecule has 1 atom stereocenters. The van der Waals surface area contributed by atoms with Gasteiger partial charge in [-0.25, -0.2) is 0 Å². The lowest BCUT2D eigenvalue weighted by Gasteiger charge is -2.26. The van der Waals surface area contributed by atoms with E-state index in [9.17, 15) is 4.79 Å². The smallest absolute Gasteiger partial charge is 0.221 e. The largest absolute Gasteiger partial charge is 0.371 e. The molecule has 0 saturated carbocycles. The molecule has 4 heteroatoms. The van der Waals surface area contributed by atoms with E-state index in [-0.39, 0.29) is 5.91 Å². The molecule has 116 valence electrons. The van der Waals surface area contributed by atoms with Gasteiger partial charge in [-0.1, -0.05) is 25.1 Å². The molecule has 0 saturated heterocycles. The fraction of sp³-hybridized carbons (Fsp3) is 0.588. The van der Waals surface area contributed by atoms with Gasteiger partial charge < -0.3 is 15.5 Å². The first kappa shape index (κ1) is 15.8. The third kappa shape index (κ3) is 4.21. The van der Waals surface area contributed by atoms with Crippen LogP contribution >= 0.6 is 0 Å². The Kier molecular flexibility index (Phi) is 6.05. The van der Waals surface area contributed by atoms with Crippen LogP contribution < -0.4 is 15.5 Å². The third-order valence-corrected chi connectivity index (χ3v) is 4.10. The van der Waals surface area contributed by atoms with Crippen molar-refractivity contribution < 1.29 is 4.79 Å². The van der Waals surface area contributed by atoms with Crippen LogP contribution in [0, 0.1) is 0 Å². The average Bonchev–Trinajstić information content (AvgIpc) is 2.70. The second-order valence-electron chi connectivity index (χ2n) is 5.62. The molecule has 0 fully saturated rings. The van der Waals surface area contributed by atoms with Gasteiger partial charge in [-0.3, -0.25) is 4.79 Å². The molecule has 1 aliphatic rings. The number of nitrogens with zero attached hydrogens (tertiary/aromatic N) is 1. The molecule has 0 radical (unpaired) electrons. The maximum atomic E-state index is 11.5. The van der Waals surface area contributed by atoms with Crippen molar-refractivity contribution >= 4 is 11.6 Å². The highest BCUT2D eigenvalue weighted by Gasteiger charge is 2.22. The van der Waals surface area contributed by atoms with Crippen LogP contribution in [0.15, 0.2) is 24.3 Å². The number of para-hydroxylation sites is 1. The highest BCUT2D eigenvalue weighted by Crippen LogP contribution is 2.32. The highest BCUT2D eigenvalue weighted by molar-refractivity contribution is 5.76. The minimum atomic E-state index is 0.109. The zero-order chi connectivity index (χ0) is 15.1. The van der Waals surface area contributed by atoms with E-state index in [0.717, 1.165) is 38.9 Å². The number of benzene rings is 1. The minimum absolute atomic E-state index is 0.109. The first-order chi connectivity index (χ1) is 10.3. The fourth-order valence-electron chi connectivity index (χ4n) is 2.96. The molecule has 1 aromatic rings. The zero-order valence-corrected chi connectivity index (χ0v) is 13.2. The number of carbonyl (C=O) groups is 1. The topological polar surface area (TPSA) is 44.4 Å². The van der Waals surface area contributed by atoms with Gasteiger partial charge in [-0.05, 0) is 37.4 Å². The first-order valence-corrected chi connectivity index (χ1v) is 8.04. The Balaban J connectivity index is 2.14. The monoisotopic (exact) mass is 289 g/mol. The minimum Gasteiger partial charge on any atom is -0.371 e. The quantitative estimate of drug-likeness (QED) is 0.845. The van der Waals surface area contributed by atoms with Crippen molar-refractivity contribution in [2.24, 2.45) is 0 Å².